The molecule has 0 spiro atoms. The van der Waals surface area contributed by atoms with Crippen LogP contribution in [0, 0.1) is 0 Å². The highest BCUT2D eigenvalue weighted by Crippen LogP contribution is 2.29. The molecule has 2 N–H and O–H groups in total. The lowest BCUT2D eigenvalue weighted by Crippen LogP contribution is -2.39. The smallest absolute Gasteiger partial charge is 0.220 e. The second-order valence-electron chi connectivity index (χ2n) is 4.26. The number of amides is 1. The number of hydrogen-bond acceptors (Lipinski definition) is 3. The zero-order chi connectivity index (χ0) is 12.6. The van der Waals surface area contributed by atoms with Crippen molar-refractivity contribution in [1.82, 2.24) is 5.32 Å². The lowest BCUT2D eigenvalue weighted by molar-refractivity contribution is -0.121. The molecule has 1 atom stereocenters. The van der Waals surface area contributed by atoms with Crippen LogP contribution in [0.15, 0.2) is 0 Å². The van der Waals surface area contributed by atoms with E-state index in [0.29, 0.717) is 12.8 Å². The zero-order valence-electron chi connectivity index (χ0n) is 10.9. The summed E-state index contributed by atoms with van der Waals surface area (Å²) in [5.74, 6) is 0.0428. The van der Waals surface area contributed by atoms with Crippen LogP contribution < -0.4 is 5.32 Å². The monoisotopic (exact) mass is 247 g/mol. The van der Waals surface area contributed by atoms with Gasteiger partial charge in [0.15, 0.2) is 0 Å². The van der Waals surface area contributed by atoms with Crippen LogP contribution >= 0.6 is 11.8 Å². The number of aliphatic hydroxyl groups is 1. The van der Waals surface area contributed by atoms with Crippen LogP contribution in [0.5, 0.6) is 0 Å². The summed E-state index contributed by atoms with van der Waals surface area (Å²) in [5, 5.41) is 12.0. The summed E-state index contributed by atoms with van der Waals surface area (Å²) in [5.41, 5.74) is 0. The third-order valence-corrected chi connectivity index (χ3v) is 4.71. The Morgan fingerprint density at radius 1 is 1.44 bits per heavy atom. The Bertz CT molecular complexity index is 195. The zero-order valence-corrected chi connectivity index (χ0v) is 11.7. The number of aliphatic hydroxyl groups excluding tert-OH is 1. The summed E-state index contributed by atoms with van der Waals surface area (Å²) >= 11 is 1.82. The molecule has 4 heteroatoms. The second kappa shape index (κ2) is 7.96. The molecule has 96 valence electrons. The number of nitrogens with one attached hydrogen (secondary N) is 1. The average molecular weight is 247 g/mol. The maximum absolute atomic E-state index is 11.5. The van der Waals surface area contributed by atoms with E-state index in [0.717, 1.165) is 19.4 Å². The van der Waals surface area contributed by atoms with Crippen molar-refractivity contribution in [1.29, 1.82) is 0 Å². The molecule has 0 saturated heterocycles. The second-order valence-corrected chi connectivity index (χ2v) is 5.53. The Labute approximate surface area is 103 Å². The summed E-state index contributed by atoms with van der Waals surface area (Å²) in [6, 6.07) is 0. The lowest BCUT2D eigenvalue weighted by Gasteiger charge is -2.29. The SMILES string of the molecule is CCC(CC)(CNC(=O)CCC(C)O)SC. The molecule has 3 nitrogen and oxygen atoms in total. The van der Waals surface area contributed by atoms with E-state index in [-0.39, 0.29) is 10.7 Å². The first-order chi connectivity index (χ1) is 7.49. The molecule has 1 amide bonds. The molecule has 0 aromatic heterocycles. The van der Waals surface area contributed by atoms with Crippen LogP contribution in [0.4, 0.5) is 0 Å². The van der Waals surface area contributed by atoms with Crippen molar-refractivity contribution in [2.45, 2.75) is 57.3 Å². The van der Waals surface area contributed by atoms with Crippen LogP contribution in [-0.2, 0) is 4.79 Å². The van der Waals surface area contributed by atoms with Gasteiger partial charge in [0.05, 0.1) is 6.10 Å². The molecule has 0 fully saturated rings. The fraction of sp³-hybridized carbons (Fsp3) is 0.917. The Kier molecular flexibility index (Phi) is 7.85. The molecule has 0 aliphatic heterocycles. The van der Waals surface area contributed by atoms with Gasteiger partial charge in [0.25, 0.3) is 0 Å². The van der Waals surface area contributed by atoms with Gasteiger partial charge in [-0.15, -0.1) is 0 Å². The highest BCUT2D eigenvalue weighted by atomic mass is 32.2. The first kappa shape index (κ1) is 15.8. The summed E-state index contributed by atoms with van der Waals surface area (Å²) < 4.78 is 0.167. The number of carbonyl (C=O) groups is 1. The Balaban J connectivity index is 3.97. The van der Waals surface area contributed by atoms with Gasteiger partial charge in [0, 0.05) is 17.7 Å². The summed E-state index contributed by atoms with van der Waals surface area (Å²) in [7, 11) is 0. The van der Waals surface area contributed by atoms with Crippen LogP contribution in [-0.4, -0.2) is 34.7 Å². The first-order valence-corrected chi connectivity index (χ1v) is 7.22. The quantitative estimate of drug-likeness (QED) is 0.691. The largest absolute Gasteiger partial charge is 0.393 e. The summed E-state index contributed by atoms with van der Waals surface area (Å²) in [6.07, 6.45) is 4.76. The van der Waals surface area contributed by atoms with E-state index < -0.39 is 6.10 Å². The van der Waals surface area contributed by atoms with Crippen molar-refractivity contribution >= 4 is 17.7 Å². The number of rotatable bonds is 8. The minimum atomic E-state index is -0.395. The number of carbonyl (C=O) groups excluding carboxylic acids is 1. The molecule has 1 unspecified atom stereocenters. The molecule has 0 radical (unpaired) electrons. The Morgan fingerprint density at radius 3 is 2.38 bits per heavy atom. The highest BCUT2D eigenvalue weighted by molar-refractivity contribution is 8.00. The van der Waals surface area contributed by atoms with E-state index in [4.69, 9.17) is 5.11 Å². The lowest BCUT2D eigenvalue weighted by atomic mass is 10.0. The molecule has 0 aliphatic carbocycles. The van der Waals surface area contributed by atoms with Crippen molar-refractivity contribution in [2.24, 2.45) is 0 Å². The molecule has 16 heavy (non-hydrogen) atoms. The minimum absolute atomic E-state index is 0.0428. The normalized spacial score (nSPS) is 13.6. The minimum Gasteiger partial charge on any atom is -0.393 e. The van der Waals surface area contributed by atoms with Crippen molar-refractivity contribution in [3.63, 3.8) is 0 Å². The van der Waals surface area contributed by atoms with Gasteiger partial charge in [-0.3, -0.25) is 4.79 Å². The van der Waals surface area contributed by atoms with Crippen molar-refractivity contribution < 1.29 is 9.90 Å². The standard InChI is InChI=1S/C12H25NO2S/c1-5-12(6-2,16-4)9-13-11(15)8-7-10(3)14/h10,14H,5-9H2,1-4H3,(H,13,15). The van der Waals surface area contributed by atoms with E-state index >= 15 is 0 Å². The van der Waals surface area contributed by atoms with Crippen molar-refractivity contribution in [2.75, 3.05) is 12.8 Å². The first-order valence-electron chi connectivity index (χ1n) is 5.99. The van der Waals surface area contributed by atoms with Gasteiger partial charge in [-0.1, -0.05) is 13.8 Å². The number of hydrogen-bond donors (Lipinski definition) is 2. The van der Waals surface area contributed by atoms with Crippen molar-refractivity contribution in [3.05, 3.63) is 0 Å². The van der Waals surface area contributed by atoms with Crippen LogP contribution in [0.2, 0.25) is 0 Å². The van der Waals surface area contributed by atoms with Gasteiger partial charge in [-0.25, -0.2) is 0 Å². The van der Waals surface area contributed by atoms with Gasteiger partial charge >= 0.3 is 0 Å². The molecule has 0 saturated carbocycles. The van der Waals surface area contributed by atoms with Crippen LogP contribution in [0.25, 0.3) is 0 Å². The maximum atomic E-state index is 11.5. The van der Waals surface area contributed by atoms with Gasteiger partial charge in [-0.2, -0.15) is 11.8 Å². The van der Waals surface area contributed by atoms with Gasteiger partial charge in [0.1, 0.15) is 0 Å². The van der Waals surface area contributed by atoms with Crippen LogP contribution in [0.1, 0.15) is 46.5 Å². The highest BCUT2D eigenvalue weighted by Gasteiger charge is 2.25. The molecule has 0 bridgehead atoms. The van der Waals surface area contributed by atoms with E-state index in [2.05, 4.69) is 25.4 Å². The predicted molar refractivity (Wildman–Crippen MR) is 70.8 cm³/mol. The molecular formula is C12H25NO2S. The van der Waals surface area contributed by atoms with Crippen molar-refractivity contribution in [3.8, 4) is 0 Å². The molecular weight excluding hydrogens is 222 g/mol. The number of thioether (sulfide) groups is 1. The van der Waals surface area contributed by atoms with E-state index in [1.807, 2.05) is 11.8 Å². The fourth-order valence-electron chi connectivity index (χ4n) is 1.55. The van der Waals surface area contributed by atoms with E-state index in [1.54, 1.807) is 6.92 Å². The Morgan fingerprint density at radius 2 is 2.00 bits per heavy atom. The summed E-state index contributed by atoms with van der Waals surface area (Å²) in [4.78, 5) is 11.5. The predicted octanol–water partition coefficient (Wildman–Crippen LogP) is 2.19. The molecule has 0 aromatic rings. The maximum Gasteiger partial charge on any atom is 0.220 e. The van der Waals surface area contributed by atoms with E-state index in [1.165, 1.54) is 0 Å². The molecule has 0 rings (SSSR count). The average Bonchev–Trinajstić information content (AvgIpc) is 2.29. The molecule has 0 aliphatic rings. The topological polar surface area (TPSA) is 49.3 Å². The fourth-order valence-corrected chi connectivity index (χ4v) is 2.34. The van der Waals surface area contributed by atoms with Gasteiger partial charge in [-0.05, 0) is 32.4 Å². The van der Waals surface area contributed by atoms with E-state index in [9.17, 15) is 4.79 Å². The molecule has 0 aromatic carbocycles. The van der Waals surface area contributed by atoms with Crippen LogP contribution in [0.3, 0.4) is 0 Å². The molecule has 0 heterocycles. The third-order valence-electron chi connectivity index (χ3n) is 3.12. The summed E-state index contributed by atoms with van der Waals surface area (Å²) in [6.45, 7) is 6.74. The third kappa shape index (κ3) is 5.75. The van der Waals surface area contributed by atoms with Gasteiger partial charge < -0.3 is 10.4 Å². The van der Waals surface area contributed by atoms with Gasteiger partial charge in [0.2, 0.25) is 5.91 Å². The Hall–Kier alpha value is -0.220.